The Hall–Kier alpha value is -2.80. The van der Waals surface area contributed by atoms with Crippen LogP contribution in [0.15, 0.2) is 42.5 Å². The van der Waals surface area contributed by atoms with E-state index in [4.69, 9.17) is 9.47 Å². The fourth-order valence-corrected chi connectivity index (χ4v) is 3.30. The van der Waals surface area contributed by atoms with Crippen molar-refractivity contribution in [3.63, 3.8) is 0 Å². The maximum absolute atomic E-state index is 12.2. The van der Waals surface area contributed by atoms with E-state index in [-0.39, 0.29) is 17.4 Å². The quantitative estimate of drug-likeness (QED) is 0.492. The average Bonchev–Trinajstić information content (AvgIpc) is 2.69. The number of rotatable bonds is 9. The Balaban J connectivity index is 1.83. The molecule has 0 aromatic heterocycles. The van der Waals surface area contributed by atoms with Crippen molar-refractivity contribution < 1.29 is 23.9 Å². The molecule has 0 spiro atoms. The van der Waals surface area contributed by atoms with Gasteiger partial charge >= 0.3 is 5.97 Å². The molecule has 0 fully saturated rings. The fourth-order valence-electron chi connectivity index (χ4n) is 2.52. The number of benzene rings is 2. The Labute approximate surface area is 175 Å². The molecule has 0 bridgehead atoms. The van der Waals surface area contributed by atoms with E-state index in [1.165, 1.54) is 25.6 Å². The molecule has 1 amide bonds. The van der Waals surface area contributed by atoms with Gasteiger partial charge < -0.3 is 14.8 Å². The lowest BCUT2D eigenvalue weighted by atomic mass is 10.1. The smallest absolute Gasteiger partial charge is 0.316 e. The third-order valence-corrected chi connectivity index (χ3v) is 5.12. The van der Waals surface area contributed by atoms with E-state index in [0.717, 1.165) is 11.1 Å². The minimum Gasteiger partial charge on any atom is -0.496 e. The number of methoxy groups -OCH3 is 1. The van der Waals surface area contributed by atoms with Crippen LogP contribution in [0.2, 0.25) is 0 Å². The van der Waals surface area contributed by atoms with Crippen molar-refractivity contribution >= 4 is 35.1 Å². The first-order chi connectivity index (χ1) is 13.8. The van der Waals surface area contributed by atoms with Gasteiger partial charge in [-0.2, -0.15) is 0 Å². The number of hydrogen-bond donors (Lipinski definition) is 1. The monoisotopic (exact) mass is 415 g/mol. The molecule has 0 radical (unpaired) electrons. The van der Waals surface area contributed by atoms with Gasteiger partial charge in [-0.3, -0.25) is 14.4 Å². The van der Waals surface area contributed by atoms with Crippen LogP contribution >= 0.6 is 11.8 Å². The summed E-state index contributed by atoms with van der Waals surface area (Å²) in [7, 11) is 1.56. The van der Waals surface area contributed by atoms with Crippen LogP contribution in [0.1, 0.15) is 35.3 Å². The Kier molecular flexibility index (Phi) is 8.27. The predicted molar refractivity (Wildman–Crippen MR) is 115 cm³/mol. The number of carbonyl (C=O) groups excluding carboxylic acids is 3. The third kappa shape index (κ3) is 6.94. The van der Waals surface area contributed by atoms with Crippen molar-refractivity contribution in [1.29, 1.82) is 0 Å². The molecule has 0 saturated heterocycles. The van der Waals surface area contributed by atoms with Crippen molar-refractivity contribution in [3.8, 4) is 5.75 Å². The fraction of sp³-hybridized carbons (Fsp3) is 0.318. The van der Waals surface area contributed by atoms with E-state index in [1.807, 2.05) is 19.1 Å². The highest BCUT2D eigenvalue weighted by molar-refractivity contribution is 7.99. The van der Waals surface area contributed by atoms with E-state index in [2.05, 4.69) is 5.32 Å². The molecule has 29 heavy (non-hydrogen) atoms. The molecule has 1 atom stereocenters. The predicted octanol–water partition coefficient (Wildman–Crippen LogP) is 4.01. The second kappa shape index (κ2) is 10.7. The van der Waals surface area contributed by atoms with Gasteiger partial charge in [0.15, 0.2) is 11.9 Å². The van der Waals surface area contributed by atoms with E-state index in [0.29, 0.717) is 22.8 Å². The van der Waals surface area contributed by atoms with E-state index in [1.54, 1.807) is 37.4 Å². The molecule has 2 aromatic carbocycles. The molecule has 1 N–H and O–H groups in total. The van der Waals surface area contributed by atoms with Gasteiger partial charge in [0.2, 0.25) is 0 Å². The summed E-state index contributed by atoms with van der Waals surface area (Å²) in [4.78, 5) is 35.8. The Morgan fingerprint density at radius 2 is 1.79 bits per heavy atom. The maximum atomic E-state index is 12.2. The average molecular weight is 416 g/mol. The first kappa shape index (κ1) is 22.5. The zero-order valence-electron chi connectivity index (χ0n) is 17.0. The molecule has 0 aliphatic heterocycles. The molecule has 0 heterocycles. The number of ketones is 1. The van der Waals surface area contributed by atoms with Gasteiger partial charge in [0, 0.05) is 22.6 Å². The molecular formula is C22H25NO5S. The molecular weight excluding hydrogens is 390 g/mol. The van der Waals surface area contributed by atoms with Crippen LogP contribution in [0.25, 0.3) is 0 Å². The minimum absolute atomic E-state index is 0.0354. The van der Waals surface area contributed by atoms with Crippen LogP contribution in [0, 0.1) is 6.92 Å². The van der Waals surface area contributed by atoms with Crippen molar-refractivity contribution in [2.75, 3.05) is 18.2 Å². The SMILES string of the molecule is COc1ccc(C(C)=O)cc1CSCC(=O)O[C@H](C)C(=O)Nc1ccc(C)cc1. The van der Waals surface area contributed by atoms with Crippen LogP contribution in [0.4, 0.5) is 5.69 Å². The van der Waals surface area contributed by atoms with Gasteiger partial charge in [-0.05, 0) is 51.1 Å². The highest BCUT2D eigenvalue weighted by Crippen LogP contribution is 2.25. The van der Waals surface area contributed by atoms with Crippen molar-refractivity contribution in [2.24, 2.45) is 0 Å². The van der Waals surface area contributed by atoms with Gasteiger partial charge in [0.05, 0.1) is 12.9 Å². The van der Waals surface area contributed by atoms with E-state index < -0.39 is 12.1 Å². The normalized spacial score (nSPS) is 11.4. The number of Topliss-reactive ketones (excluding diaryl/α,β-unsaturated/α-hetero) is 1. The summed E-state index contributed by atoms with van der Waals surface area (Å²) >= 11 is 1.33. The Morgan fingerprint density at radius 1 is 1.10 bits per heavy atom. The number of hydrogen-bond acceptors (Lipinski definition) is 6. The number of ether oxygens (including phenoxy) is 2. The second-order valence-corrected chi connectivity index (χ2v) is 7.55. The van der Waals surface area contributed by atoms with Gasteiger partial charge in [-0.1, -0.05) is 17.7 Å². The minimum atomic E-state index is -0.903. The lowest BCUT2D eigenvalue weighted by molar-refractivity contribution is -0.150. The van der Waals surface area contributed by atoms with Crippen molar-refractivity contribution in [2.45, 2.75) is 32.6 Å². The van der Waals surface area contributed by atoms with Gasteiger partial charge in [-0.25, -0.2) is 0 Å². The molecule has 0 unspecified atom stereocenters. The number of anilines is 1. The van der Waals surface area contributed by atoms with Gasteiger partial charge in [-0.15, -0.1) is 11.8 Å². The first-order valence-corrected chi connectivity index (χ1v) is 10.3. The topological polar surface area (TPSA) is 81.7 Å². The van der Waals surface area contributed by atoms with Crippen LogP contribution in [0.5, 0.6) is 5.75 Å². The highest BCUT2D eigenvalue weighted by atomic mass is 32.2. The molecule has 6 nitrogen and oxygen atoms in total. The van der Waals surface area contributed by atoms with Gasteiger partial charge in [0.1, 0.15) is 5.75 Å². The molecule has 2 aromatic rings. The molecule has 7 heteroatoms. The standard InChI is InChI=1S/C22H25NO5S/c1-14-5-8-19(9-6-14)23-22(26)16(3)28-21(25)13-29-12-18-11-17(15(2)24)7-10-20(18)27-4/h5-11,16H,12-13H2,1-4H3,(H,23,26)/t16-/m1/s1. The van der Waals surface area contributed by atoms with Gasteiger partial charge in [0.25, 0.3) is 5.91 Å². The lowest BCUT2D eigenvalue weighted by Crippen LogP contribution is -2.30. The first-order valence-electron chi connectivity index (χ1n) is 9.12. The summed E-state index contributed by atoms with van der Waals surface area (Å²) in [6, 6.07) is 12.6. The molecule has 2 rings (SSSR count). The zero-order valence-corrected chi connectivity index (χ0v) is 17.8. The number of esters is 1. The molecule has 0 aliphatic carbocycles. The molecule has 154 valence electrons. The van der Waals surface area contributed by atoms with Crippen LogP contribution in [-0.2, 0) is 20.1 Å². The van der Waals surface area contributed by atoms with Crippen molar-refractivity contribution in [3.05, 3.63) is 59.2 Å². The summed E-state index contributed by atoms with van der Waals surface area (Å²) in [5.41, 5.74) is 3.15. The Bertz CT molecular complexity index is 879. The zero-order chi connectivity index (χ0) is 21.4. The number of amides is 1. The number of thioether (sulfide) groups is 1. The summed E-state index contributed by atoms with van der Waals surface area (Å²) in [6.07, 6.45) is -0.903. The van der Waals surface area contributed by atoms with Crippen LogP contribution in [-0.4, -0.2) is 36.6 Å². The van der Waals surface area contributed by atoms with Crippen LogP contribution < -0.4 is 10.1 Å². The summed E-state index contributed by atoms with van der Waals surface area (Å²) in [5, 5.41) is 2.72. The molecule has 0 aliphatic rings. The van der Waals surface area contributed by atoms with E-state index in [9.17, 15) is 14.4 Å². The number of carbonyl (C=O) groups is 3. The summed E-state index contributed by atoms with van der Waals surface area (Å²) in [6.45, 7) is 4.99. The highest BCUT2D eigenvalue weighted by Gasteiger charge is 2.18. The number of aryl methyl sites for hydroxylation is 1. The third-order valence-electron chi connectivity index (χ3n) is 4.16. The largest absolute Gasteiger partial charge is 0.496 e. The second-order valence-electron chi connectivity index (χ2n) is 6.56. The van der Waals surface area contributed by atoms with Crippen LogP contribution in [0.3, 0.4) is 0 Å². The number of nitrogens with one attached hydrogen (secondary N) is 1. The summed E-state index contributed by atoms with van der Waals surface area (Å²) in [5.74, 6) is 0.304. The molecule has 0 saturated carbocycles. The lowest BCUT2D eigenvalue weighted by Gasteiger charge is -2.14. The summed E-state index contributed by atoms with van der Waals surface area (Å²) < 4.78 is 10.5. The Morgan fingerprint density at radius 3 is 2.41 bits per heavy atom. The maximum Gasteiger partial charge on any atom is 0.316 e. The van der Waals surface area contributed by atoms with E-state index >= 15 is 0 Å². The van der Waals surface area contributed by atoms with Crippen molar-refractivity contribution in [1.82, 2.24) is 0 Å².